The molecule has 4 rings (SSSR count). The molecule has 3 aromatic rings. The molecule has 1 amide bonds. The zero-order valence-electron chi connectivity index (χ0n) is 20.5. The number of thiophene rings is 1. The van der Waals surface area contributed by atoms with Crippen molar-refractivity contribution < 1.29 is 19.4 Å². The van der Waals surface area contributed by atoms with Gasteiger partial charge in [0.2, 0.25) is 0 Å². The van der Waals surface area contributed by atoms with Gasteiger partial charge in [-0.2, -0.15) is 0 Å². The standard InChI is InChI=1S/C28H29ClN2O4S/c1-28(2,3)18-7-12-22-23(14-18)36-27(25(22)26(34)31-20-10-8-19(29)9-11-20)30-15-17-5-4-6-21(13-17)35-16-24(32)33/h4-6,8-11,13,15,18H,7,12,14,16H2,1-3H3,(H,31,34)(H,32,33)/t18-/m0/s1. The number of aliphatic imine (C=N–C) groups is 1. The fourth-order valence-electron chi connectivity index (χ4n) is 4.33. The van der Waals surface area contributed by atoms with Crippen LogP contribution in [-0.4, -0.2) is 29.8 Å². The maximum absolute atomic E-state index is 13.5. The largest absolute Gasteiger partial charge is 0.482 e. The lowest BCUT2D eigenvalue weighted by Crippen LogP contribution is -2.27. The summed E-state index contributed by atoms with van der Waals surface area (Å²) in [6, 6.07) is 14.1. The molecule has 0 spiro atoms. The summed E-state index contributed by atoms with van der Waals surface area (Å²) in [6.45, 7) is 6.39. The Morgan fingerprint density at radius 2 is 1.97 bits per heavy atom. The first-order valence-electron chi connectivity index (χ1n) is 11.8. The fourth-order valence-corrected chi connectivity index (χ4v) is 5.72. The number of carbonyl (C=O) groups is 2. The summed E-state index contributed by atoms with van der Waals surface area (Å²) in [4.78, 5) is 30.2. The van der Waals surface area contributed by atoms with Crippen molar-refractivity contribution in [3.8, 4) is 5.75 Å². The van der Waals surface area contributed by atoms with E-state index >= 15 is 0 Å². The Morgan fingerprint density at radius 1 is 1.22 bits per heavy atom. The second-order valence-electron chi connectivity index (χ2n) is 9.96. The van der Waals surface area contributed by atoms with E-state index in [-0.39, 0.29) is 11.3 Å². The maximum Gasteiger partial charge on any atom is 0.341 e. The van der Waals surface area contributed by atoms with Crippen molar-refractivity contribution in [3.05, 3.63) is 75.1 Å². The highest BCUT2D eigenvalue weighted by molar-refractivity contribution is 7.16. The summed E-state index contributed by atoms with van der Waals surface area (Å²) in [7, 11) is 0. The molecule has 1 aliphatic carbocycles. The number of hydrogen-bond donors (Lipinski definition) is 2. The normalized spacial score (nSPS) is 15.5. The van der Waals surface area contributed by atoms with E-state index in [2.05, 4.69) is 26.1 Å². The number of fused-ring (bicyclic) bond motifs is 1. The number of rotatable bonds is 7. The SMILES string of the molecule is CC(C)(C)[C@H]1CCc2c(sc(N=Cc3cccc(OCC(=O)O)c3)c2C(=O)Nc2ccc(Cl)cc2)C1. The first-order valence-corrected chi connectivity index (χ1v) is 13.0. The summed E-state index contributed by atoms with van der Waals surface area (Å²) in [6.07, 6.45) is 4.48. The van der Waals surface area contributed by atoms with Gasteiger partial charge in [-0.25, -0.2) is 9.79 Å². The van der Waals surface area contributed by atoms with Crippen LogP contribution in [0.1, 0.15) is 53.6 Å². The lowest BCUT2D eigenvalue weighted by Gasteiger charge is -2.33. The van der Waals surface area contributed by atoms with E-state index in [1.165, 1.54) is 4.88 Å². The molecule has 36 heavy (non-hydrogen) atoms. The van der Waals surface area contributed by atoms with Gasteiger partial charge in [0.15, 0.2) is 6.61 Å². The van der Waals surface area contributed by atoms with Crippen molar-refractivity contribution in [2.75, 3.05) is 11.9 Å². The summed E-state index contributed by atoms with van der Waals surface area (Å²) in [5.41, 5.74) is 3.31. The number of carboxylic acids is 1. The van der Waals surface area contributed by atoms with Crippen LogP contribution in [0.3, 0.4) is 0 Å². The minimum atomic E-state index is -1.04. The molecule has 0 aliphatic heterocycles. The van der Waals surface area contributed by atoms with E-state index in [9.17, 15) is 9.59 Å². The Hall–Kier alpha value is -3.16. The number of anilines is 1. The first-order chi connectivity index (χ1) is 17.1. The predicted molar refractivity (Wildman–Crippen MR) is 146 cm³/mol. The van der Waals surface area contributed by atoms with E-state index in [1.54, 1.807) is 60.0 Å². The zero-order chi connectivity index (χ0) is 25.9. The van der Waals surface area contributed by atoms with Crippen LogP contribution in [0.2, 0.25) is 5.02 Å². The second kappa shape index (κ2) is 10.8. The van der Waals surface area contributed by atoms with E-state index in [4.69, 9.17) is 26.4 Å². The van der Waals surface area contributed by atoms with E-state index in [0.29, 0.717) is 32.9 Å². The van der Waals surface area contributed by atoms with Gasteiger partial charge < -0.3 is 15.2 Å². The number of hydrogen-bond acceptors (Lipinski definition) is 5. The highest BCUT2D eigenvalue weighted by atomic mass is 35.5. The molecule has 0 bridgehead atoms. The summed E-state index contributed by atoms with van der Waals surface area (Å²) >= 11 is 7.57. The molecule has 0 saturated heterocycles. The van der Waals surface area contributed by atoms with Gasteiger partial charge in [0.25, 0.3) is 5.91 Å². The first kappa shape index (κ1) is 25.9. The van der Waals surface area contributed by atoms with Crippen molar-refractivity contribution >= 4 is 51.7 Å². The number of nitrogens with one attached hydrogen (secondary N) is 1. The number of benzene rings is 2. The van der Waals surface area contributed by atoms with Crippen LogP contribution < -0.4 is 10.1 Å². The second-order valence-corrected chi connectivity index (χ2v) is 11.5. The summed E-state index contributed by atoms with van der Waals surface area (Å²) in [5.74, 6) is -0.242. The highest BCUT2D eigenvalue weighted by Gasteiger charge is 2.33. The average molecular weight is 525 g/mol. The van der Waals surface area contributed by atoms with Crippen molar-refractivity contribution in [2.24, 2.45) is 16.3 Å². The molecule has 0 radical (unpaired) electrons. The number of carboxylic acid groups (broad SMARTS) is 1. The van der Waals surface area contributed by atoms with Crippen LogP contribution in [0, 0.1) is 11.3 Å². The van der Waals surface area contributed by atoms with Crippen molar-refractivity contribution in [3.63, 3.8) is 0 Å². The smallest absolute Gasteiger partial charge is 0.341 e. The van der Waals surface area contributed by atoms with Gasteiger partial charge in [0.1, 0.15) is 10.8 Å². The molecular weight excluding hydrogens is 496 g/mol. The maximum atomic E-state index is 13.5. The number of halogens is 1. The molecule has 2 aromatic carbocycles. The predicted octanol–water partition coefficient (Wildman–Crippen LogP) is 7.02. The third-order valence-electron chi connectivity index (χ3n) is 6.35. The minimum absolute atomic E-state index is 0.185. The Bertz CT molecular complexity index is 1290. The van der Waals surface area contributed by atoms with Crippen molar-refractivity contribution in [1.82, 2.24) is 0 Å². The molecule has 0 unspecified atom stereocenters. The van der Waals surface area contributed by atoms with Crippen LogP contribution in [0.25, 0.3) is 0 Å². The lowest BCUT2D eigenvalue weighted by atomic mass is 9.72. The minimum Gasteiger partial charge on any atom is -0.482 e. The summed E-state index contributed by atoms with van der Waals surface area (Å²) in [5, 5.41) is 13.1. The number of ether oxygens (including phenoxy) is 1. The Balaban J connectivity index is 1.65. The van der Waals surface area contributed by atoms with Gasteiger partial charge in [-0.3, -0.25) is 4.79 Å². The monoisotopic (exact) mass is 524 g/mol. The number of nitrogens with zero attached hydrogens (tertiary/aromatic N) is 1. The third-order valence-corrected chi connectivity index (χ3v) is 7.77. The molecule has 1 atom stereocenters. The van der Waals surface area contributed by atoms with Crippen LogP contribution >= 0.6 is 22.9 Å². The van der Waals surface area contributed by atoms with Gasteiger partial charge >= 0.3 is 5.97 Å². The van der Waals surface area contributed by atoms with Gasteiger partial charge in [0, 0.05) is 21.8 Å². The van der Waals surface area contributed by atoms with Crippen molar-refractivity contribution in [1.29, 1.82) is 0 Å². The van der Waals surface area contributed by atoms with Gasteiger partial charge in [-0.15, -0.1) is 11.3 Å². The molecule has 1 aromatic heterocycles. The van der Waals surface area contributed by atoms with Crippen LogP contribution in [-0.2, 0) is 17.6 Å². The number of aliphatic carboxylic acids is 1. The third kappa shape index (κ3) is 6.33. The fraction of sp³-hybridized carbons (Fsp3) is 0.321. The molecule has 0 saturated carbocycles. The Labute approximate surface area is 220 Å². The molecule has 1 heterocycles. The summed E-state index contributed by atoms with van der Waals surface area (Å²) < 4.78 is 5.27. The lowest BCUT2D eigenvalue weighted by molar-refractivity contribution is -0.139. The molecular formula is C28H29ClN2O4S. The van der Waals surface area contributed by atoms with Crippen LogP contribution in [0.4, 0.5) is 10.7 Å². The molecule has 6 nitrogen and oxygen atoms in total. The number of carbonyl (C=O) groups excluding carboxylic acids is 1. The molecule has 188 valence electrons. The van der Waals surface area contributed by atoms with Gasteiger partial charge in [0.05, 0.1) is 5.56 Å². The molecule has 8 heteroatoms. The molecule has 2 N–H and O–H groups in total. The molecule has 0 fully saturated rings. The van der Waals surface area contributed by atoms with Crippen molar-refractivity contribution in [2.45, 2.75) is 40.0 Å². The average Bonchev–Trinajstić information content (AvgIpc) is 3.20. The van der Waals surface area contributed by atoms with E-state index in [0.717, 1.165) is 30.4 Å². The van der Waals surface area contributed by atoms with Gasteiger partial charge in [-0.05, 0) is 78.1 Å². The topological polar surface area (TPSA) is 88.0 Å². The number of amides is 1. The van der Waals surface area contributed by atoms with Crippen LogP contribution in [0.5, 0.6) is 5.75 Å². The quantitative estimate of drug-likeness (QED) is 0.325. The highest BCUT2D eigenvalue weighted by Crippen LogP contribution is 2.45. The Kier molecular flexibility index (Phi) is 7.81. The molecule has 1 aliphatic rings. The Morgan fingerprint density at radius 3 is 2.67 bits per heavy atom. The van der Waals surface area contributed by atoms with E-state index < -0.39 is 12.6 Å². The zero-order valence-corrected chi connectivity index (χ0v) is 22.1. The van der Waals surface area contributed by atoms with Crippen LogP contribution in [0.15, 0.2) is 53.5 Å². The van der Waals surface area contributed by atoms with Gasteiger partial charge in [-0.1, -0.05) is 44.5 Å². The van der Waals surface area contributed by atoms with E-state index in [1.807, 2.05) is 6.07 Å².